The number of rotatable bonds is 6. The molecule has 8 heteroatoms. The minimum atomic E-state index is -0.181. The smallest absolute Gasteiger partial charge is 0.246 e. The third-order valence-corrected chi connectivity index (χ3v) is 3.48. The van der Waals surface area contributed by atoms with E-state index >= 15 is 0 Å². The van der Waals surface area contributed by atoms with E-state index in [-0.39, 0.29) is 41.8 Å². The molecule has 7 nitrogen and oxygen atoms in total. The molecule has 0 atom stereocenters. The number of oxazole rings is 1. The molecule has 148 valence electrons. The number of aromatic nitrogens is 1. The molecule has 2 aromatic rings. The molecule has 0 radical (unpaired) electrons. The van der Waals surface area contributed by atoms with Crippen molar-refractivity contribution in [3.05, 3.63) is 48.2 Å². The van der Waals surface area contributed by atoms with Gasteiger partial charge in [0.25, 0.3) is 0 Å². The van der Waals surface area contributed by atoms with Crippen molar-refractivity contribution in [3.63, 3.8) is 0 Å². The fraction of sp³-hybridized carbons (Fsp3) is 0.421. The summed E-state index contributed by atoms with van der Waals surface area (Å²) in [4.78, 5) is 20.6. The van der Waals surface area contributed by atoms with Gasteiger partial charge in [-0.05, 0) is 19.1 Å². The largest absolute Gasteiger partial charge is 0.443 e. The molecule has 0 aliphatic rings. The molecule has 2 rings (SSSR count). The monoisotopic (exact) mass is 485 g/mol. The van der Waals surface area contributed by atoms with Crippen LogP contribution in [0.25, 0.3) is 0 Å². The highest BCUT2D eigenvalue weighted by Crippen LogP contribution is 2.22. The summed E-state index contributed by atoms with van der Waals surface area (Å²) in [5.74, 6) is 1.76. The highest BCUT2D eigenvalue weighted by Gasteiger charge is 2.19. The van der Waals surface area contributed by atoms with Gasteiger partial charge in [0.05, 0.1) is 12.7 Å². The van der Waals surface area contributed by atoms with E-state index in [0.29, 0.717) is 24.9 Å². The van der Waals surface area contributed by atoms with Gasteiger partial charge in [-0.2, -0.15) is 0 Å². The molecule has 0 spiro atoms. The van der Waals surface area contributed by atoms with Crippen LogP contribution in [0.1, 0.15) is 39.3 Å². The van der Waals surface area contributed by atoms with Crippen molar-refractivity contribution in [2.24, 2.45) is 4.99 Å². The maximum atomic E-state index is 12.0. The van der Waals surface area contributed by atoms with Crippen LogP contribution in [0.5, 0.6) is 0 Å². The van der Waals surface area contributed by atoms with Gasteiger partial charge in [0.15, 0.2) is 5.96 Å². The minimum Gasteiger partial charge on any atom is -0.443 e. The number of guanidine groups is 1. The Hall–Kier alpha value is -2.10. The molecule has 0 saturated carbocycles. The van der Waals surface area contributed by atoms with Crippen molar-refractivity contribution in [2.75, 3.05) is 18.4 Å². The Morgan fingerprint density at radius 1 is 1.19 bits per heavy atom. The van der Waals surface area contributed by atoms with Crippen molar-refractivity contribution >= 4 is 41.5 Å². The van der Waals surface area contributed by atoms with Crippen LogP contribution in [0.2, 0.25) is 0 Å². The van der Waals surface area contributed by atoms with Crippen LogP contribution in [-0.4, -0.2) is 29.9 Å². The number of anilines is 1. The zero-order valence-electron chi connectivity index (χ0n) is 16.2. The van der Waals surface area contributed by atoms with Crippen molar-refractivity contribution in [2.45, 2.75) is 39.7 Å². The van der Waals surface area contributed by atoms with Gasteiger partial charge in [-0.1, -0.05) is 39.0 Å². The molecular formula is C19H28IN5O2. The first kappa shape index (κ1) is 22.9. The van der Waals surface area contributed by atoms with Crippen LogP contribution in [0.3, 0.4) is 0 Å². The summed E-state index contributed by atoms with van der Waals surface area (Å²) in [7, 11) is 0. The molecule has 3 N–H and O–H groups in total. The van der Waals surface area contributed by atoms with E-state index in [1.54, 1.807) is 6.20 Å². The van der Waals surface area contributed by atoms with E-state index in [1.807, 2.05) is 37.3 Å². The molecule has 1 aromatic carbocycles. The Bertz CT molecular complexity index is 738. The standard InChI is InChI=1S/C19H27N5O2.HI/c1-5-20-18(22-12-16(25)24-14-9-7-6-8-10-14)23-13-17-21-11-15(26-17)19(2,3)4;/h6-11H,5,12-13H2,1-4H3,(H,24,25)(H2,20,22,23);1H. The van der Waals surface area contributed by atoms with E-state index in [0.717, 1.165) is 11.4 Å². The van der Waals surface area contributed by atoms with Crippen LogP contribution < -0.4 is 16.0 Å². The average Bonchev–Trinajstić information content (AvgIpc) is 3.08. The second-order valence-corrected chi connectivity index (χ2v) is 6.83. The minimum absolute atomic E-state index is 0. The van der Waals surface area contributed by atoms with Gasteiger partial charge in [-0.15, -0.1) is 24.0 Å². The number of amides is 1. The number of aliphatic imine (C=N–C) groups is 1. The second-order valence-electron chi connectivity index (χ2n) is 6.83. The third kappa shape index (κ3) is 7.98. The van der Waals surface area contributed by atoms with Gasteiger partial charge in [0.1, 0.15) is 12.3 Å². The number of hydrogen-bond acceptors (Lipinski definition) is 4. The van der Waals surface area contributed by atoms with Gasteiger partial charge in [0.2, 0.25) is 11.8 Å². The van der Waals surface area contributed by atoms with Crippen LogP contribution in [0.4, 0.5) is 5.69 Å². The van der Waals surface area contributed by atoms with Gasteiger partial charge in [-0.3, -0.25) is 4.79 Å². The molecule has 1 aromatic heterocycles. The quantitative estimate of drug-likeness (QED) is 0.332. The number of carbonyl (C=O) groups excluding carboxylic acids is 1. The summed E-state index contributed by atoms with van der Waals surface area (Å²) >= 11 is 0. The molecule has 1 amide bonds. The van der Waals surface area contributed by atoms with E-state index in [2.05, 4.69) is 46.7 Å². The van der Waals surface area contributed by atoms with Gasteiger partial charge >= 0.3 is 0 Å². The molecule has 0 bridgehead atoms. The lowest BCUT2D eigenvalue weighted by Crippen LogP contribution is -2.37. The maximum absolute atomic E-state index is 12.0. The van der Waals surface area contributed by atoms with Crippen molar-refractivity contribution in [3.8, 4) is 0 Å². The molecule has 1 heterocycles. The Kier molecular flexibility index (Phi) is 9.27. The topological polar surface area (TPSA) is 91.5 Å². The molecule has 0 aliphatic heterocycles. The van der Waals surface area contributed by atoms with Crippen LogP contribution >= 0.6 is 24.0 Å². The summed E-state index contributed by atoms with van der Waals surface area (Å²) in [5.41, 5.74) is 0.666. The van der Waals surface area contributed by atoms with Crippen molar-refractivity contribution in [1.82, 2.24) is 15.6 Å². The van der Waals surface area contributed by atoms with E-state index < -0.39 is 0 Å². The van der Waals surface area contributed by atoms with E-state index in [4.69, 9.17) is 4.42 Å². The van der Waals surface area contributed by atoms with Gasteiger partial charge in [0, 0.05) is 17.6 Å². The lowest BCUT2D eigenvalue weighted by atomic mass is 9.94. The molecular weight excluding hydrogens is 457 g/mol. The first-order chi connectivity index (χ1) is 12.4. The maximum Gasteiger partial charge on any atom is 0.246 e. The first-order valence-corrected chi connectivity index (χ1v) is 8.70. The lowest BCUT2D eigenvalue weighted by Gasteiger charge is -2.13. The Balaban J connectivity index is 0.00000364. The Morgan fingerprint density at radius 3 is 2.48 bits per heavy atom. The molecule has 0 saturated heterocycles. The first-order valence-electron chi connectivity index (χ1n) is 8.70. The van der Waals surface area contributed by atoms with Crippen molar-refractivity contribution in [1.29, 1.82) is 0 Å². The SMILES string of the molecule is CCNC(=NCC(=O)Nc1ccccc1)NCc1ncc(C(C)(C)C)o1.I. The number of para-hydroxylation sites is 1. The van der Waals surface area contributed by atoms with Crippen LogP contribution in [0.15, 0.2) is 45.9 Å². The zero-order chi connectivity index (χ0) is 19.0. The molecule has 0 unspecified atom stereocenters. The fourth-order valence-electron chi connectivity index (χ4n) is 2.11. The number of hydrogen-bond donors (Lipinski definition) is 3. The zero-order valence-corrected chi connectivity index (χ0v) is 18.5. The predicted octanol–water partition coefficient (Wildman–Crippen LogP) is 3.28. The highest BCUT2D eigenvalue weighted by atomic mass is 127. The van der Waals surface area contributed by atoms with E-state index in [1.165, 1.54) is 0 Å². The number of halogens is 1. The van der Waals surface area contributed by atoms with E-state index in [9.17, 15) is 4.79 Å². The molecule has 27 heavy (non-hydrogen) atoms. The van der Waals surface area contributed by atoms with Gasteiger partial charge < -0.3 is 20.4 Å². The predicted molar refractivity (Wildman–Crippen MR) is 119 cm³/mol. The number of nitrogens with one attached hydrogen (secondary N) is 3. The van der Waals surface area contributed by atoms with Crippen LogP contribution in [-0.2, 0) is 16.8 Å². The highest BCUT2D eigenvalue weighted by molar-refractivity contribution is 14.0. The summed E-state index contributed by atoms with van der Waals surface area (Å²) in [6.07, 6.45) is 1.74. The number of benzene rings is 1. The molecule has 0 aliphatic carbocycles. The normalized spacial score (nSPS) is 11.5. The summed E-state index contributed by atoms with van der Waals surface area (Å²) in [5, 5.41) is 9.02. The Morgan fingerprint density at radius 2 is 1.89 bits per heavy atom. The number of carbonyl (C=O) groups is 1. The van der Waals surface area contributed by atoms with Crippen LogP contribution in [0, 0.1) is 0 Å². The summed E-state index contributed by atoms with van der Waals surface area (Å²) in [6.45, 7) is 9.27. The Labute approximate surface area is 177 Å². The second kappa shape index (κ2) is 10.9. The summed E-state index contributed by atoms with van der Waals surface area (Å²) < 4.78 is 5.75. The third-order valence-electron chi connectivity index (χ3n) is 3.48. The fourth-order valence-corrected chi connectivity index (χ4v) is 2.11. The van der Waals surface area contributed by atoms with Crippen molar-refractivity contribution < 1.29 is 9.21 Å². The average molecular weight is 485 g/mol. The molecule has 0 fully saturated rings. The number of nitrogens with zero attached hydrogens (tertiary/aromatic N) is 2. The summed E-state index contributed by atoms with van der Waals surface area (Å²) in [6, 6.07) is 9.30. The lowest BCUT2D eigenvalue weighted by molar-refractivity contribution is -0.114. The van der Waals surface area contributed by atoms with Gasteiger partial charge in [-0.25, -0.2) is 9.98 Å².